The van der Waals surface area contributed by atoms with Crippen LogP contribution in [0.3, 0.4) is 0 Å². The van der Waals surface area contributed by atoms with Gasteiger partial charge in [-0.05, 0) is 24.0 Å². The summed E-state index contributed by atoms with van der Waals surface area (Å²) in [6.45, 7) is 6.18. The predicted octanol–water partition coefficient (Wildman–Crippen LogP) is 3.31. The molecular formula is C17H19NO3. The Bertz CT molecular complexity index is 620. The van der Waals surface area contributed by atoms with Gasteiger partial charge in [0.25, 0.3) is 0 Å². The Kier molecular flexibility index (Phi) is 3.32. The Morgan fingerprint density at radius 2 is 1.76 bits per heavy atom. The molecule has 3 atom stereocenters. The minimum absolute atomic E-state index is 0.0415. The van der Waals surface area contributed by atoms with E-state index >= 15 is 0 Å². The van der Waals surface area contributed by atoms with E-state index in [1.807, 2.05) is 51.1 Å². The maximum Gasteiger partial charge on any atom is 0.415 e. The summed E-state index contributed by atoms with van der Waals surface area (Å²) in [4.78, 5) is 26.2. The van der Waals surface area contributed by atoms with Crippen LogP contribution in [0.1, 0.15) is 32.4 Å². The molecule has 4 nitrogen and oxygen atoms in total. The summed E-state index contributed by atoms with van der Waals surface area (Å²) >= 11 is 0. The Labute approximate surface area is 124 Å². The van der Waals surface area contributed by atoms with Crippen LogP contribution in [-0.4, -0.2) is 23.4 Å². The van der Waals surface area contributed by atoms with Gasteiger partial charge in [0.15, 0.2) is 5.78 Å². The molecule has 1 aromatic rings. The van der Waals surface area contributed by atoms with E-state index < -0.39 is 6.09 Å². The predicted molar refractivity (Wildman–Crippen MR) is 78.4 cm³/mol. The van der Waals surface area contributed by atoms with E-state index in [9.17, 15) is 9.59 Å². The number of nitrogens with zero attached hydrogens (tertiary/aromatic N) is 1. The van der Waals surface area contributed by atoms with E-state index in [1.54, 1.807) is 4.90 Å². The van der Waals surface area contributed by atoms with Crippen molar-refractivity contribution in [2.75, 3.05) is 6.61 Å². The minimum atomic E-state index is -0.423. The van der Waals surface area contributed by atoms with E-state index in [4.69, 9.17) is 4.74 Å². The molecule has 0 N–H and O–H groups in total. The quantitative estimate of drug-likeness (QED) is 0.837. The summed E-state index contributed by atoms with van der Waals surface area (Å²) in [6, 6.07) is 9.49. The number of amides is 1. The Balaban J connectivity index is 2.03. The lowest BCUT2D eigenvalue weighted by atomic mass is 9.95. The number of hydrogen-bond acceptors (Lipinski definition) is 3. The highest BCUT2D eigenvalue weighted by atomic mass is 16.6. The van der Waals surface area contributed by atoms with E-state index in [0.29, 0.717) is 5.70 Å². The molecule has 1 amide bonds. The second-order valence-electron chi connectivity index (χ2n) is 5.85. The van der Waals surface area contributed by atoms with Gasteiger partial charge in [0.05, 0.1) is 11.7 Å². The Morgan fingerprint density at radius 1 is 1.10 bits per heavy atom. The lowest BCUT2D eigenvalue weighted by molar-refractivity contribution is -0.119. The van der Waals surface area contributed by atoms with Crippen LogP contribution in [-0.2, 0) is 9.53 Å². The van der Waals surface area contributed by atoms with Crippen molar-refractivity contribution in [1.82, 2.24) is 4.90 Å². The Morgan fingerprint density at radius 3 is 2.33 bits per heavy atom. The number of carbonyl (C=O) groups is 2. The molecule has 0 aromatic heterocycles. The van der Waals surface area contributed by atoms with Gasteiger partial charge in [-0.1, -0.05) is 44.2 Å². The lowest BCUT2D eigenvalue weighted by Gasteiger charge is -2.23. The maximum atomic E-state index is 12.5. The zero-order valence-corrected chi connectivity index (χ0v) is 12.5. The summed E-state index contributed by atoms with van der Waals surface area (Å²) < 4.78 is 5.21. The van der Waals surface area contributed by atoms with Crippen LogP contribution in [0.4, 0.5) is 4.79 Å². The summed E-state index contributed by atoms with van der Waals surface area (Å²) in [5.74, 6) is 0.127. The Hall–Kier alpha value is -2.10. The molecule has 2 aliphatic rings. The first-order valence-electron chi connectivity index (χ1n) is 7.28. The molecule has 1 saturated heterocycles. The maximum absolute atomic E-state index is 12.5. The third-order valence-electron chi connectivity index (χ3n) is 4.75. The number of hydrogen-bond donors (Lipinski definition) is 0. The van der Waals surface area contributed by atoms with Gasteiger partial charge in [-0.3, -0.25) is 9.69 Å². The number of Topliss-reactive ketones (excluding diaryl/α,β-unsaturated/α-hetero) is 1. The molecule has 4 heteroatoms. The molecule has 0 bridgehead atoms. The number of rotatable bonds is 2. The van der Waals surface area contributed by atoms with Crippen molar-refractivity contribution in [2.45, 2.75) is 26.8 Å². The highest BCUT2D eigenvalue weighted by molar-refractivity contribution is 6.03. The van der Waals surface area contributed by atoms with Crippen molar-refractivity contribution < 1.29 is 14.3 Å². The molecular weight excluding hydrogens is 266 g/mol. The van der Waals surface area contributed by atoms with Gasteiger partial charge >= 0.3 is 6.09 Å². The number of ketones is 1. The van der Waals surface area contributed by atoms with Gasteiger partial charge < -0.3 is 4.74 Å². The topological polar surface area (TPSA) is 46.6 Å². The molecule has 1 aliphatic carbocycles. The lowest BCUT2D eigenvalue weighted by Crippen LogP contribution is -2.31. The van der Waals surface area contributed by atoms with Crippen molar-refractivity contribution in [3.63, 3.8) is 0 Å². The van der Waals surface area contributed by atoms with Crippen LogP contribution in [0.5, 0.6) is 0 Å². The smallest absolute Gasteiger partial charge is 0.415 e. The highest BCUT2D eigenvalue weighted by Gasteiger charge is 2.45. The first kappa shape index (κ1) is 13.9. The van der Waals surface area contributed by atoms with Crippen LogP contribution in [0.2, 0.25) is 0 Å². The molecule has 1 aliphatic heterocycles. The van der Waals surface area contributed by atoms with Gasteiger partial charge in [-0.25, -0.2) is 4.79 Å². The molecule has 0 saturated carbocycles. The van der Waals surface area contributed by atoms with Gasteiger partial charge in [-0.15, -0.1) is 0 Å². The number of benzene rings is 1. The fourth-order valence-electron chi connectivity index (χ4n) is 3.13. The van der Waals surface area contributed by atoms with Crippen molar-refractivity contribution in [2.24, 2.45) is 11.8 Å². The molecule has 1 heterocycles. The average Bonchev–Trinajstić information content (AvgIpc) is 2.95. The first-order valence-corrected chi connectivity index (χ1v) is 7.28. The number of carbonyl (C=O) groups excluding carboxylic acids is 2. The van der Waals surface area contributed by atoms with Crippen molar-refractivity contribution >= 4 is 11.9 Å². The minimum Gasteiger partial charge on any atom is -0.447 e. The van der Waals surface area contributed by atoms with E-state index in [0.717, 1.165) is 11.1 Å². The molecule has 110 valence electrons. The van der Waals surface area contributed by atoms with Crippen LogP contribution >= 0.6 is 0 Å². The van der Waals surface area contributed by atoms with Gasteiger partial charge in [0.1, 0.15) is 6.61 Å². The third kappa shape index (κ3) is 2.06. The van der Waals surface area contributed by atoms with E-state index in [2.05, 4.69) is 0 Å². The summed E-state index contributed by atoms with van der Waals surface area (Å²) in [7, 11) is 0. The van der Waals surface area contributed by atoms with Crippen LogP contribution < -0.4 is 0 Å². The van der Waals surface area contributed by atoms with Crippen molar-refractivity contribution in [3.8, 4) is 0 Å². The zero-order valence-electron chi connectivity index (χ0n) is 12.5. The van der Waals surface area contributed by atoms with Crippen LogP contribution in [0.25, 0.3) is 0 Å². The number of cyclic esters (lactones) is 1. The van der Waals surface area contributed by atoms with Crippen LogP contribution in [0.15, 0.2) is 41.6 Å². The monoisotopic (exact) mass is 285 g/mol. The average molecular weight is 285 g/mol. The van der Waals surface area contributed by atoms with Crippen molar-refractivity contribution in [3.05, 3.63) is 47.2 Å². The fourth-order valence-corrected chi connectivity index (χ4v) is 3.13. The largest absolute Gasteiger partial charge is 0.447 e. The standard InChI is InChI=1S/C17H19NO3/c1-10-11(2)15(16(19)12(10)3)18-14(9-21-17(18)20)13-7-5-4-6-8-13/h4-8,10,12,14H,9H2,1-3H3/t10-,12+,14+/m0/s1. The molecule has 1 aromatic carbocycles. The van der Waals surface area contributed by atoms with Gasteiger partial charge in [0.2, 0.25) is 0 Å². The SMILES string of the molecule is CC1=C(N2C(=O)OC[C@@H]2c2ccccc2)C(=O)[C@H](C)[C@H]1C. The van der Waals surface area contributed by atoms with E-state index in [1.165, 1.54) is 0 Å². The summed E-state index contributed by atoms with van der Waals surface area (Å²) in [5, 5.41) is 0. The molecule has 21 heavy (non-hydrogen) atoms. The number of allylic oxidation sites excluding steroid dienone is 2. The second kappa shape index (κ2) is 5.02. The van der Waals surface area contributed by atoms with E-state index in [-0.39, 0.29) is 30.3 Å². The molecule has 0 spiro atoms. The van der Waals surface area contributed by atoms with Gasteiger partial charge in [0, 0.05) is 5.92 Å². The normalized spacial score (nSPS) is 29.3. The molecule has 0 unspecified atom stereocenters. The van der Waals surface area contributed by atoms with Crippen LogP contribution in [0, 0.1) is 11.8 Å². The molecule has 3 rings (SSSR count). The molecule has 1 fully saturated rings. The first-order chi connectivity index (χ1) is 10.0. The molecule has 0 radical (unpaired) electrons. The summed E-state index contributed by atoms with van der Waals surface area (Å²) in [5.41, 5.74) is 2.50. The highest BCUT2D eigenvalue weighted by Crippen LogP contribution is 2.41. The number of ether oxygens (including phenoxy) is 1. The van der Waals surface area contributed by atoms with Crippen molar-refractivity contribution in [1.29, 1.82) is 0 Å². The third-order valence-corrected chi connectivity index (χ3v) is 4.75. The zero-order chi connectivity index (χ0) is 15.1. The van der Waals surface area contributed by atoms with Gasteiger partial charge in [-0.2, -0.15) is 0 Å². The fraction of sp³-hybridized carbons (Fsp3) is 0.412. The summed E-state index contributed by atoms with van der Waals surface area (Å²) in [6.07, 6.45) is -0.423. The second-order valence-corrected chi connectivity index (χ2v) is 5.85.